The summed E-state index contributed by atoms with van der Waals surface area (Å²) < 4.78 is 21.8. The van der Waals surface area contributed by atoms with Gasteiger partial charge in [0.1, 0.15) is 11.5 Å². The van der Waals surface area contributed by atoms with Crippen molar-refractivity contribution in [3.8, 4) is 5.75 Å². The number of amides is 2. The van der Waals surface area contributed by atoms with Gasteiger partial charge < -0.3 is 21.3 Å². The average Bonchev–Trinajstić information content (AvgIpc) is 3.10. The molecule has 0 saturated heterocycles. The second-order valence-corrected chi connectivity index (χ2v) is 8.52. The average molecular weight is 443 g/mol. The number of carbonyl (C=O) groups excluding carboxylic acids is 3. The molecule has 29 heavy (non-hydrogen) atoms. The van der Waals surface area contributed by atoms with E-state index in [0.29, 0.717) is 11.3 Å². The highest BCUT2D eigenvalue weighted by Gasteiger charge is 2.20. The summed E-state index contributed by atoms with van der Waals surface area (Å²) in [6.07, 6.45) is -0.694. The Hall–Kier alpha value is -2.94. The van der Waals surface area contributed by atoms with Gasteiger partial charge in [-0.2, -0.15) is 0 Å². The summed E-state index contributed by atoms with van der Waals surface area (Å²) in [5.41, 5.74) is 5.18. The molecule has 2 aromatic rings. The van der Waals surface area contributed by atoms with E-state index in [1.807, 2.05) is 0 Å². The van der Waals surface area contributed by atoms with Crippen LogP contribution in [-0.4, -0.2) is 46.4 Å². The van der Waals surface area contributed by atoms with E-state index >= 15 is 0 Å². The number of primary sulfonamides is 1. The fourth-order valence-electron chi connectivity index (χ4n) is 2.34. The van der Waals surface area contributed by atoms with Crippen LogP contribution in [0.15, 0.2) is 16.5 Å². The maximum Gasteiger partial charge on any atom is 0.267 e. The van der Waals surface area contributed by atoms with E-state index in [2.05, 4.69) is 15.5 Å². The number of sulfonamides is 1. The summed E-state index contributed by atoms with van der Waals surface area (Å²) in [6, 6.07) is 2.75. The third kappa shape index (κ3) is 5.77. The highest BCUT2D eigenvalue weighted by Crippen LogP contribution is 2.27. The van der Waals surface area contributed by atoms with Crippen LogP contribution < -0.4 is 16.2 Å². The molecule has 156 valence electrons. The second-order valence-electron chi connectivity index (χ2n) is 5.81. The van der Waals surface area contributed by atoms with Crippen molar-refractivity contribution >= 4 is 44.1 Å². The van der Waals surface area contributed by atoms with Crippen molar-refractivity contribution in [2.24, 2.45) is 10.9 Å². The van der Waals surface area contributed by atoms with E-state index in [1.165, 1.54) is 12.1 Å². The molecule has 0 aliphatic heterocycles. The molecule has 12 nitrogen and oxygen atoms in total. The maximum atomic E-state index is 12.1. The summed E-state index contributed by atoms with van der Waals surface area (Å²) in [5.74, 6) is -2.46. The minimum Gasteiger partial charge on any atom is -0.507 e. The number of benzene rings is 1. The number of primary amides is 1. The number of aromatic nitrogens is 2. The van der Waals surface area contributed by atoms with Crippen molar-refractivity contribution in [3.63, 3.8) is 0 Å². The van der Waals surface area contributed by atoms with Gasteiger partial charge in [-0.3, -0.25) is 14.4 Å². The SMILES string of the molecule is NC(=O)c1c(CO)ccc(CC(=O)CCC(=O)Nc2nnc(S(N)(=O)=O)s2)c1O. The van der Waals surface area contributed by atoms with Crippen LogP contribution >= 0.6 is 11.3 Å². The number of hydrogen-bond donors (Lipinski definition) is 5. The lowest BCUT2D eigenvalue weighted by atomic mass is 9.97. The molecule has 7 N–H and O–H groups in total. The molecule has 0 saturated carbocycles. The molecule has 0 fully saturated rings. The second kappa shape index (κ2) is 9.04. The number of phenols is 1. The first-order valence-corrected chi connectivity index (χ1v) is 10.3. The summed E-state index contributed by atoms with van der Waals surface area (Å²) in [4.78, 5) is 35.4. The topological polar surface area (TPSA) is 216 Å². The first-order valence-electron chi connectivity index (χ1n) is 7.95. The molecular formula is C15H17N5O7S2. The number of hydrogen-bond acceptors (Lipinski definition) is 10. The smallest absolute Gasteiger partial charge is 0.267 e. The number of carbonyl (C=O) groups is 3. The molecule has 1 aromatic carbocycles. The van der Waals surface area contributed by atoms with Gasteiger partial charge >= 0.3 is 0 Å². The van der Waals surface area contributed by atoms with Crippen molar-refractivity contribution in [2.45, 2.75) is 30.2 Å². The molecular weight excluding hydrogens is 426 g/mol. The number of Topliss-reactive ketones (excluding diaryl/α,β-unsaturated/α-hetero) is 1. The van der Waals surface area contributed by atoms with E-state index in [0.717, 1.165) is 0 Å². The fourth-order valence-corrected chi connectivity index (χ4v) is 3.69. The molecule has 0 unspecified atom stereocenters. The molecule has 0 aliphatic rings. The number of aliphatic hydroxyl groups excluding tert-OH is 1. The Morgan fingerprint density at radius 2 is 1.79 bits per heavy atom. The molecule has 2 rings (SSSR count). The lowest BCUT2D eigenvalue weighted by Crippen LogP contribution is -2.16. The van der Waals surface area contributed by atoms with E-state index in [4.69, 9.17) is 10.9 Å². The van der Waals surface area contributed by atoms with Crippen molar-refractivity contribution in [3.05, 3.63) is 28.8 Å². The number of nitrogens with zero attached hydrogens (tertiary/aromatic N) is 2. The Balaban J connectivity index is 1.96. The molecule has 0 atom stereocenters. The number of nitrogens with one attached hydrogen (secondary N) is 1. The van der Waals surface area contributed by atoms with Gasteiger partial charge in [-0.05, 0) is 5.56 Å². The van der Waals surface area contributed by atoms with E-state index in [-0.39, 0.29) is 41.1 Å². The van der Waals surface area contributed by atoms with Crippen LogP contribution in [0.5, 0.6) is 5.75 Å². The van der Waals surface area contributed by atoms with Gasteiger partial charge in [0.2, 0.25) is 15.4 Å². The first-order chi connectivity index (χ1) is 13.5. The molecule has 0 bridgehead atoms. The maximum absolute atomic E-state index is 12.1. The number of rotatable bonds is 9. The van der Waals surface area contributed by atoms with Crippen LogP contribution in [0.2, 0.25) is 0 Å². The van der Waals surface area contributed by atoms with E-state index in [9.17, 15) is 33.0 Å². The van der Waals surface area contributed by atoms with Crippen molar-refractivity contribution < 1.29 is 33.0 Å². The Kier molecular flexibility index (Phi) is 6.97. The first kappa shape index (κ1) is 22.4. The monoisotopic (exact) mass is 443 g/mol. The van der Waals surface area contributed by atoms with Gasteiger partial charge in [0.05, 0.1) is 12.2 Å². The third-order valence-electron chi connectivity index (χ3n) is 3.68. The number of anilines is 1. The van der Waals surface area contributed by atoms with Gasteiger partial charge in [0, 0.05) is 24.8 Å². The zero-order chi connectivity index (χ0) is 21.8. The minimum atomic E-state index is -4.03. The lowest BCUT2D eigenvalue weighted by molar-refractivity contribution is -0.122. The molecule has 0 spiro atoms. The van der Waals surface area contributed by atoms with Gasteiger partial charge in [0.15, 0.2) is 0 Å². The van der Waals surface area contributed by atoms with Crippen LogP contribution in [0.3, 0.4) is 0 Å². The highest BCUT2D eigenvalue weighted by atomic mass is 32.2. The Morgan fingerprint density at radius 1 is 1.14 bits per heavy atom. The van der Waals surface area contributed by atoms with Crippen LogP contribution in [-0.2, 0) is 32.6 Å². The number of aromatic hydroxyl groups is 1. The number of nitrogens with two attached hydrogens (primary N) is 2. The Morgan fingerprint density at radius 3 is 2.34 bits per heavy atom. The van der Waals surface area contributed by atoms with Crippen LogP contribution in [0, 0.1) is 0 Å². The van der Waals surface area contributed by atoms with Gasteiger partial charge in [-0.15, -0.1) is 10.2 Å². The van der Waals surface area contributed by atoms with Crippen LogP contribution in [0.1, 0.15) is 34.3 Å². The zero-order valence-electron chi connectivity index (χ0n) is 14.8. The Bertz CT molecular complexity index is 1070. The van der Waals surface area contributed by atoms with Gasteiger partial charge in [-0.25, -0.2) is 13.6 Å². The normalized spacial score (nSPS) is 11.2. The zero-order valence-corrected chi connectivity index (χ0v) is 16.4. The van der Waals surface area contributed by atoms with Gasteiger partial charge in [0.25, 0.3) is 15.9 Å². The third-order valence-corrected chi connectivity index (χ3v) is 5.83. The quantitative estimate of drug-likeness (QED) is 0.300. The summed E-state index contributed by atoms with van der Waals surface area (Å²) in [7, 11) is -4.03. The molecule has 0 radical (unpaired) electrons. The van der Waals surface area contributed by atoms with Crippen LogP contribution in [0.4, 0.5) is 5.13 Å². The molecule has 1 aromatic heterocycles. The minimum absolute atomic E-state index is 0.0881. The van der Waals surface area contributed by atoms with E-state index < -0.39 is 44.3 Å². The fraction of sp³-hybridized carbons (Fsp3) is 0.267. The van der Waals surface area contributed by atoms with Crippen molar-refractivity contribution in [1.29, 1.82) is 0 Å². The standard InChI is InChI=1S/C15H17N5O7S2/c16-13(25)11-8(6-21)2-1-7(12(11)24)5-9(22)3-4-10(23)18-14-19-20-15(28-14)29(17,26)27/h1-2,21,24H,3-6H2,(H2,16,25)(H2,17,26,27)(H,18,19,23). The predicted octanol–water partition coefficient (Wildman–Crippen LogP) is -0.987. The number of ketones is 1. The highest BCUT2D eigenvalue weighted by molar-refractivity contribution is 7.91. The predicted molar refractivity (Wildman–Crippen MR) is 100 cm³/mol. The Labute approximate surface area is 168 Å². The lowest BCUT2D eigenvalue weighted by Gasteiger charge is -2.11. The molecule has 1 heterocycles. The summed E-state index contributed by atoms with van der Waals surface area (Å²) in [5, 5.41) is 33.2. The van der Waals surface area contributed by atoms with Gasteiger partial charge in [-0.1, -0.05) is 23.5 Å². The summed E-state index contributed by atoms with van der Waals surface area (Å²) >= 11 is 0.565. The largest absolute Gasteiger partial charge is 0.507 e. The molecule has 2 amide bonds. The number of aliphatic hydroxyl groups is 1. The molecule has 14 heteroatoms. The molecule has 0 aliphatic carbocycles. The van der Waals surface area contributed by atoms with E-state index in [1.54, 1.807) is 0 Å². The van der Waals surface area contributed by atoms with Crippen molar-refractivity contribution in [1.82, 2.24) is 10.2 Å². The van der Waals surface area contributed by atoms with Crippen LogP contribution in [0.25, 0.3) is 0 Å². The summed E-state index contributed by atoms with van der Waals surface area (Å²) in [6.45, 7) is -0.515. The van der Waals surface area contributed by atoms with Crippen molar-refractivity contribution in [2.75, 3.05) is 5.32 Å².